The number of aromatic nitrogens is 3. The van der Waals surface area contributed by atoms with Crippen LogP contribution in [0, 0.1) is 5.82 Å². The van der Waals surface area contributed by atoms with Crippen molar-refractivity contribution in [2.45, 2.75) is 25.3 Å². The molecule has 0 aliphatic carbocycles. The van der Waals surface area contributed by atoms with E-state index < -0.39 is 12.2 Å². The lowest BCUT2D eigenvalue weighted by Crippen LogP contribution is -2.25. The van der Waals surface area contributed by atoms with Gasteiger partial charge in [-0.15, -0.1) is 5.10 Å². The Morgan fingerprint density at radius 1 is 1.23 bits per heavy atom. The molecular formula is C18H15F3N4O. The van der Waals surface area contributed by atoms with Crippen LogP contribution < -0.4 is 4.90 Å². The first kappa shape index (κ1) is 16.6. The number of hydrogen-bond donors (Lipinski definition) is 0. The summed E-state index contributed by atoms with van der Waals surface area (Å²) in [4.78, 5) is 17.6. The smallest absolute Gasteiger partial charge is 0.302 e. The molecule has 0 N–H and O–H groups in total. The van der Waals surface area contributed by atoms with Crippen molar-refractivity contribution in [1.82, 2.24) is 14.6 Å². The van der Waals surface area contributed by atoms with Gasteiger partial charge in [-0.3, -0.25) is 4.79 Å². The highest BCUT2D eigenvalue weighted by atomic mass is 19.3. The first-order chi connectivity index (χ1) is 12.5. The van der Waals surface area contributed by atoms with E-state index in [-0.39, 0.29) is 17.6 Å². The molecule has 0 amide bonds. The van der Waals surface area contributed by atoms with Crippen molar-refractivity contribution in [3.05, 3.63) is 59.7 Å². The second-order valence-electron chi connectivity index (χ2n) is 6.18. The topological polar surface area (TPSA) is 50.5 Å². The van der Waals surface area contributed by atoms with E-state index in [4.69, 9.17) is 0 Å². The summed E-state index contributed by atoms with van der Waals surface area (Å²) in [6.07, 6.45) is -0.287. The predicted molar refractivity (Wildman–Crippen MR) is 89.0 cm³/mol. The van der Waals surface area contributed by atoms with Gasteiger partial charge in [0.25, 0.3) is 0 Å². The molecule has 0 unspecified atom stereocenters. The molecule has 0 radical (unpaired) electrons. The number of halogens is 3. The molecule has 0 saturated carbocycles. The summed E-state index contributed by atoms with van der Waals surface area (Å²) in [5.74, 6) is -1.09. The number of hydrogen-bond acceptors (Lipinski definition) is 4. The first-order valence-corrected chi connectivity index (χ1v) is 8.24. The fourth-order valence-electron chi connectivity index (χ4n) is 3.40. The molecule has 1 aliphatic heterocycles. The van der Waals surface area contributed by atoms with Crippen molar-refractivity contribution in [1.29, 1.82) is 0 Å². The highest BCUT2D eigenvalue weighted by Crippen LogP contribution is 2.35. The molecule has 0 spiro atoms. The third kappa shape index (κ3) is 2.81. The molecule has 1 saturated heterocycles. The third-order valence-corrected chi connectivity index (χ3v) is 4.58. The van der Waals surface area contributed by atoms with Gasteiger partial charge >= 0.3 is 6.43 Å². The van der Waals surface area contributed by atoms with Gasteiger partial charge in [-0.05, 0) is 42.7 Å². The summed E-state index contributed by atoms with van der Waals surface area (Å²) >= 11 is 0. The molecule has 26 heavy (non-hydrogen) atoms. The number of alkyl halides is 2. The zero-order valence-corrected chi connectivity index (χ0v) is 13.6. The summed E-state index contributed by atoms with van der Waals surface area (Å²) in [7, 11) is 0. The van der Waals surface area contributed by atoms with Crippen molar-refractivity contribution < 1.29 is 18.0 Å². The van der Waals surface area contributed by atoms with E-state index in [1.807, 2.05) is 11.0 Å². The van der Waals surface area contributed by atoms with Crippen molar-refractivity contribution in [2.75, 3.05) is 11.4 Å². The highest BCUT2D eigenvalue weighted by Gasteiger charge is 2.29. The Kier molecular flexibility index (Phi) is 4.10. The van der Waals surface area contributed by atoms with E-state index >= 15 is 0 Å². The third-order valence-electron chi connectivity index (χ3n) is 4.58. The average Bonchev–Trinajstić information content (AvgIpc) is 3.27. The van der Waals surface area contributed by atoms with Gasteiger partial charge in [-0.25, -0.2) is 22.7 Å². The van der Waals surface area contributed by atoms with E-state index in [2.05, 4.69) is 10.1 Å². The lowest BCUT2D eigenvalue weighted by atomic mass is 10.0. The van der Waals surface area contributed by atoms with Crippen LogP contribution in [0.5, 0.6) is 0 Å². The second kappa shape index (κ2) is 6.44. The maximum absolute atomic E-state index is 13.6. The van der Waals surface area contributed by atoms with Crippen molar-refractivity contribution in [2.24, 2.45) is 0 Å². The molecular weight excluding hydrogens is 345 g/mol. The number of carbonyl (C=O) groups excluding carboxylic acids is 1. The largest absolute Gasteiger partial charge is 0.348 e. The minimum absolute atomic E-state index is 0.0616. The quantitative estimate of drug-likeness (QED) is 0.667. The van der Waals surface area contributed by atoms with Crippen molar-refractivity contribution in [3.63, 3.8) is 0 Å². The molecule has 8 heteroatoms. The number of imidazole rings is 1. The van der Waals surface area contributed by atoms with Crippen LogP contribution in [0.2, 0.25) is 0 Å². The number of Topliss-reactive ketones (excluding diaryl/α,β-unsaturated/α-hetero) is 1. The first-order valence-electron chi connectivity index (χ1n) is 8.24. The van der Waals surface area contributed by atoms with Crippen LogP contribution in [-0.4, -0.2) is 33.4 Å². The molecule has 4 rings (SSSR count). The highest BCUT2D eigenvalue weighted by molar-refractivity contribution is 5.97. The van der Waals surface area contributed by atoms with Gasteiger partial charge in [-0.1, -0.05) is 12.1 Å². The maximum atomic E-state index is 13.6. The molecule has 3 heterocycles. The number of fused-ring (bicyclic) bond motifs is 1. The summed E-state index contributed by atoms with van der Waals surface area (Å²) in [5.41, 5.74) is 0.900. The zero-order chi connectivity index (χ0) is 18.3. The van der Waals surface area contributed by atoms with Gasteiger partial charge in [0.1, 0.15) is 17.3 Å². The fourth-order valence-corrected chi connectivity index (χ4v) is 3.40. The Hall–Kier alpha value is -2.90. The molecule has 1 aliphatic rings. The summed E-state index contributed by atoms with van der Waals surface area (Å²) < 4.78 is 40.3. The molecule has 3 aromatic rings. The van der Waals surface area contributed by atoms with Crippen molar-refractivity contribution >= 4 is 17.2 Å². The van der Waals surface area contributed by atoms with Crippen LogP contribution in [0.1, 0.15) is 34.9 Å². The fraction of sp³-hybridized carbons (Fsp3) is 0.278. The van der Waals surface area contributed by atoms with Crippen LogP contribution in [0.15, 0.2) is 42.6 Å². The molecule has 0 bridgehead atoms. The number of rotatable bonds is 4. The minimum Gasteiger partial charge on any atom is -0.348 e. The molecule has 5 nitrogen and oxygen atoms in total. The molecule has 1 fully saturated rings. The van der Waals surface area contributed by atoms with E-state index in [0.717, 1.165) is 29.1 Å². The SMILES string of the molecule is O=C(c1cnc2ccc(N3CCC[C@@H]3c3cccc(F)c3)nn12)C(F)F. The summed E-state index contributed by atoms with van der Waals surface area (Å²) in [6, 6.07) is 9.70. The Labute approximate surface area is 147 Å². The molecule has 2 aromatic heterocycles. The van der Waals surface area contributed by atoms with Gasteiger partial charge in [0.15, 0.2) is 5.65 Å². The van der Waals surface area contributed by atoms with Crippen LogP contribution >= 0.6 is 0 Å². The molecule has 1 atom stereocenters. The van der Waals surface area contributed by atoms with E-state index in [0.29, 0.717) is 18.0 Å². The van der Waals surface area contributed by atoms with Gasteiger partial charge < -0.3 is 4.90 Å². The van der Waals surface area contributed by atoms with Gasteiger partial charge in [0.2, 0.25) is 5.78 Å². The summed E-state index contributed by atoms with van der Waals surface area (Å²) in [6.45, 7) is 0.701. The minimum atomic E-state index is -3.12. The second-order valence-corrected chi connectivity index (χ2v) is 6.18. The van der Waals surface area contributed by atoms with Gasteiger partial charge in [0, 0.05) is 6.54 Å². The van der Waals surface area contributed by atoms with E-state index in [1.165, 1.54) is 12.1 Å². The van der Waals surface area contributed by atoms with Crippen LogP contribution in [-0.2, 0) is 0 Å². The normalized spacial score (nSPS) is 17.4. The Morgan fingerprint density at radius 3 is 2.85 bits per heavy atom. The Morgan fingerprint density at radius 2 is 2.08 bits per heavy atom. The number of benzene rings is 1. The Bertz CT molecular complexity index is 972. The summed E-state index contributed by atoms with van der Waals surface area (Å²) in [5, 5.41) is 4.35. The number of anilines is 1. The van der Waals surface area contributed by atoms with E-state index in [1.54, 1.807) is 18.2 Å². The van der Waals surface area contributed by atoms with Crippen molar-refractivity contribution in [3.8, 4) is 0 Å². The van der Waals surface area contributed by atoms with Crippen LogP contribution in [0.3, 0.4) is 0 Å². The van der Waals surface area contributed by atoms with Gasteiger partial charge in [0.05, 0.1) is 12.2 Å². The lowest BCUT2D eigenvalue weighted by molar-refractivity contribution is 0.0671. The average molecular weight is 360 g/mol. The standard InChI is InChI=1S/C18H15F3N4O/c19-12-4-1-3-11(9-12)13-5-2-8-24(13)16-7-6-15-22-10-14(25(15)23-16)17(26)18(20)21/h1,3-4,6-7,9-10,13,18H,2,5,8H2/t13-/m1/s1. The monoisotopic (exact) mass is 360 g/mol. The lowest BCUT2D eigenvalue weighted by Gasteiger charge is -2.26. The number of ketones is 1. The number of carbonyl (C=O) groups is 1. The van der Waals surface area contributed by atoms with Crippen LogP contribution in [0.25, 0.3) is 5.65 Å². The zero-order valence-electron chi connectivity index (χ0n) is 13.6. The van der Waals surface area contributed by atoms with Gasteiger partial charge in [-0.2, -0.15) is 0 Å². The Balaban J connectivity index is 1.73. The maximum Gasteiger partial charge on any atom is 0.302 e. The predicted octanol–water partition coefficient (Wildman–Crippen LogP) is 3.66. The molecule has 1 aromatic carbocycles. The molecule has 134 valence electrons. The van der Waals surface area contributed by atoms with E-state index in [9.17, 15) is 18.0 Å². The van der Waals surface area contributed by atoms with Crippen LogP contribution in [0.4, 0.5) is 19.0 Å². The number of nitrogens with zero attached hydrogens (tertiary/aromatic N) is 4.